The minimum absolute atomic E-state index is 0.359. The lowest BCUT2D eigenvalue weighted by molar-refractivity contribution is 0.0511. The Kier molecular flexibility index (Phi) is 5.82. The largest absolute Gasteiger partial charge is 0.493 e. The van der Waals surface area contributed by atoms with Gasteiger partial charge in [0, 0.05) is 0 Å². The molecule has 0 spiro atoms. The van der Waals surface area contributed by atoms with Gasteiger partial charge in [-0.1, -0.05) is 0 Å². The molecule has 0 heterocycles. The van der Waals surface area contributed by atoms with Gasteiger partial charge in [-0.3, -0.25) is 4.18 Å². The van der Waals surface area contributed by atoms with Gasteiger partial charge in [0.25, 0.3) is 10.1 Å². The highest BCUT2D eigenvalue weighted by Gasteiger charge is 2.24. The molecule has 0 aromatic heterocycles. The van der Waals surface area contributed by atoms with E-state index in [1.54, 1.807) is 0 Å². The second-order valence-corrected chi connectivity index (χ2v) is 6.01. The van der Waals surface area contributed by atoms with Crippen LogP contribution in [-0.4, -0.2) is 47.2 Å². The first-order valence-electron chi connectivity index (χ1n) is 6.09. The molecule has 0 amide bonds. The Morgan fingerprint density at radius 2 is 1.52 bits per heavy atom. The van der Waals surface area contributed by atoms with Gasteiger partial charge >= 0.3 is 0 Å². The zero-order valence-corrected chi connectivity index (χ0v) is 13.4. The van der Waals surface area contributed by atoms with Crippen molar-refractivity contribution in [2.45, 2.75) is 19.1 Å². The van der Waals surface area contributed by atoms with Crippen LogP contribution in [0.25, 0.3) is 0 Å². The van der Waals surface area contributed by atoms with Gasteiger partial charge in [0.05, 0.1) is 27.6 Å². The molecular weight excluding hydrogens is 300 g/mol. The van der Waals surface area contributed by atoms with Gasteiger partial charge in [-0.2, -0.15) is 8.42 Å². The molecule has 7 nitrogen and oxygen atoms in total. The molecule has 0 unspecified atom stereocenters. The number of rotatable bonds is 7. The second kappa shape index (κ2) is 6.97. The fraction of sp³-hybridized carbons (Fsp3) is 0.538. The summed E-state index contributed by atoms with van der Waals surface area (Å²) in [4.78, 5) is 0. The Hall–Kier alpha value is -1.51. The molecule has 1 aromatic rings. The summed E-state index contributed by atoms with van der Waals surface area (Å²) >= 11 is 0. The zero-order valence-electron chi connectivity index (χ0n) is 12.6. The number of hydrogen-bond acceptors (Lipinski definition) is 7. The fourth-order valence-corrected chi connectivity index (χ4v) is 2.53. The molecule has 0 saturated carbocycles. The maximum absolute atomic E-state index is 11.1. The van der Waals surface area contributed by atoms with Gasteiger partial charge < -0.3 is 19.3 Å². The summed E-state index contributed by atoms with van der Waals surface area (Å²) in [6.07, 6.45) is -1.21. The molecule has 21 heavy (non-hydrogen) atoms. The van der Waals surface area contributed by atoms with E-state index in [0.717, 1.165) is 6.26 Å². The van der Waals surface area contributed by atoms with Crippen LogP contribution in [0.2, 0.25) is 0 Å². The molecule has 0 saturated heterocycles. The third-order valence-electron chi connectivity index (χ3n) is 2.80. The highest BCUT2D eigenvalue weighted by atomic mass is 32.2. The number of methoxy groups -OCH3 is 3. The lowest BCUT2D eigenvalue weighted by Crippen LogP contribution is -2.22. The summed E-state index contributed by atoms with van der Waals surface area (Å²) in [6.45, 7) is 1.45. The van der Waals surface area contributed by atoms with Crippen LogP contribution >= 0.6 is 0 Å². The zero-order chi connectivity index (χ0) is 16.2. The molecule has 8 heteroatoms. The molecule has 2 atom stereocenters. The Labute approximate surface area is 124 Å². The standard InChI is InChI=1S/C13H20O7S/c1-8(20-21(5,15)16)12(14)9-6-10(17-2)13(19-4)11(7-9)18-3/h6-8,12,14H,1-5H3/t8-,12-/m0/s1. The van der Waals surface area contributed by atoms with Gasteiger partial charge in [-0.15, -0.1) is 0 Å². The molecule has 0 radical (unpaired) electrons. The SMILES string of the molecule is COc1cc([C@@H](O)[C@H](C)OS(C)(=O)=O)cc(OC)c1OC. The van der Waals surface area contributed by atoms with E-state index in [1.165, 1.54) is 40.4 Å². The normalized spacial score (nSPS) is 14.4. The van der Waals surface area contributed by atoms with Gasteiger partial charge in [0.2, 0.25) is 5.75 Å². The molecule has 1 rings (SSSR count). The maximum Gasteiger partial charge on any atom is 0.264 e. The van der Waals surface area contributed by atoms with Crippen LogP contribution in [-0.2, 0) is 14.3 Å². The monoisotopic (exact) mass is 320 g/mol. The van der Waals surface area contributed by atoms with Crippen molar-refractivity contribution in [1.82, 2.24) is 0 Å². The van der Waals surface area contributed by atoms with Crippen LogP contribution < -0.4 is 14.2 Å². The van der Waals surface area contributed by atoms with Crippen molar-refractivity contribution < 1.29 is 31.9 Å². The average Bonchev–Trinajstić information content (AvgIpc) is 2.42. The predicted octanol–water partition coefficient (Wildman–Crippen LogP) is 1.11. The first kappa shape index (κ1) is 17.5. The number of hydrogen-bond donors (Lipinski definition) is 1. The first-order valence-corrected chi connectivity index (χ1v) is 7.91. The Morgan fingerprint density at radius 1 is 1.05 bits per heavy atom. The minimum atomic E-state index is -3.67. The van der Waals surface area contributed by atoms with Crippen molar-refractivity contribution in [1.29, 1.82) is 0 Å². The molecule has 1 N–H and O–H groups in total. The minimum Gasteiger partial charge on any atom is -0.493 e. The number of benzene rings is 1. The van der Waals surface area contributed by atoms with Gasteiger partial charge in [-0.05, 0) is 24.6 Å². The third kappa shape index (κ3) is 4.48. The number of aliphatic hydroxyl groups is 1. The summed E-state index contributed by atoms with van der Waals surface area (Å²) in [5, 5.41) is 10.2. The summed E-state index contributed by atoms with van der Waals surface area (Å²) in [7, 11) is 0.693. The van der Waals surface area contributed by atoms with Crippen molar-refractivity contribution in [3.63, 3.8) is 0 Å². The first-order chi connectivity index (χ1) is 9.73. The topological polar surface area (TPSA) is 91.3 Å². The van der Waals surface area contributed by atoms with Crippen molar-refractivity contribution in [2.24, 2.45) is 0 Å². The van der Waals surface area contributed by atoms with E-state index < -0.39 is 22.3 Å². The lowest BCUT2D eigenvalue weighted by atomic mass is 10.0. The Morgan fingerprint density at radius 3 is 1.86 bits per heavy atom. The van der Waals surface area contributed by atoms with E-state index in [0.29, 0.717) is 22.8 Å². The maximum atomic E-state index is 11.1. The number of aliphatic hydroxyl groups excluding tert-OH is 1. The van der Waals surface area contributed by atoms with E-state index >= 15 is 0 Å². The third-order valence-corrected chi connectivity index (χ3v) is 3.45. The van der Waals surface area contributed by atoms with Crippen LogP contribution in [0.3, 0.4) is 0 Å². The quantitative estimate of drug-likeness (QED) is 0.752. The van der Waals surface area contributed by atoms with E-state index in [4.69, 9.17) is 18.4 Å². The van der Waals surface area contributed by atoms with Crippen molar-refractivity contribution in [3.8, 4) is 17.2 Å². The van der Waals surface area contributed by atoms with Crippen LogP contribution in [0.4, 0.5) is 0 Å². The Balaban J connectivity index is 3.18. The van der Waals surface area contributed by atoms with Crippen molar-refractivity contribution in [2.75, 3.05) is 27.6 Å². The van der Waals surface area contributed by atoms with Crippen LogP contribution in [0, 0.1) is 0 Å². The molecule has 120 valence electrons. The molecule has 0 bridgehead atoms. The fourth-order valence-electron chi connectivity index (χ4n) is 1.87. The molecular formula is C13H20O7S. The smallest absolute Gasteiger partial charge is 0.264 e. The van der Waals surface area contributed by atoms with Gasteiger partial charge in [0.15, 0.2) is 11.5 Å². The highest BCUT2D eigenvalue weighted by molar-refractivity contribution is 7.86. The Bertz CT molecular complexity index is 557. The summed E-state index contributed by atoms with van der Waals surface area (Å²) in [5.74, 6) is 1.10. The van der Waals surface area contributed by atoms with E-state index in [2.05, 4.69) is 0 Å². The lowest BCUT2D eigenvalue weighted by Gasteiger charge is -2.21. The van der Waals surface area contributed by atoms with Gasteiger partial charge in [0.1, 0.15) is 12.2 Å². The molecule has 1 aromatic carbocycles. The average molecular weight is 320 g/mol. The summed E-state index contributed by atoms with van der Waals surface area (Å²) in [6, 6.07) is 3.07. The van der Waals surface area contributed by atoms with E-state index in [1.807, 2.05) is 0 Å². The van der Waals surface area contributed by atoms with Crippen LogP contribution in [0.15, 0.2) is 12.1 Å². The summed E-state index contributed by atoms with van der Waals surface area (Å²) in [5.41, 5.74) is 0.389. The molecule has 0 aliphatic rings. The molecule has 0 aliphatic heterocycles. The highest BCUT2D eigenvalue weighted by Crippen LogP contribution is 2.40. The summed E-state index contributed by atoms with van der Waals surface area (Å²) < 4.78 is 42.5. The van der Waals surface area contributed by atoms with E-state index in [-0.39, 0.29) is 0 Å². The predicted molar refractivity (Wildman–Crippen MR) is 76.4 cm³/mol. The van der Waals surface area contributed by atoms with Crippen LogP contribution in [0.1, 0.15) is 18.6 Å². The molecule has 0 fully saturated rings. The van der Waals surface area contributed by atoms with E-state index in [9.17, 15) is 13.5 Å². The van der Waals surface area contributed by atoms with Gasteiger partial charge in [-0.25, -0.2) is 0 Å². The van der Waals surface area contributed by atoms with Crippen molar-refractivity contribution in [3.05, 3.63) is 17.7 Å². The molecule has 0 aliphatic carbocycles. The number of ether oxygens (including phenoxy) is 3. The van der Waals surface area contributed by atoms with Crippen molar-refractivity contribution >= 4 is 10.1 Å². The van der Waals surface area contributed by atoms with Crippen LogP contribution in [0.5, 0.6) is 17.2 Å². The second-order valence-electron chi connectivity index (χ2n) is 4.41.